The number of pyridine rings is 1. The van der Waals surface area contributed by atoms with Crippen molar-refractivity contribution >= 4 is 16.8 Å². The van der Waals surface area contributed by atoms with Gasteiger partial charge in [0.25, 0.3) is 5.91 Å². The van der Waals surface area contributed by atoms with Gasteiger partial charge < -0.3 is 15.0 Å². The third-order valence-corrected chi connectivity index (χ3v) is 4.03. The predicted octanol–water partition coefficient (Wildman–Crippen LogP) is 2.42. The lowest BCUT2D eigenvalue weighted by molar-refractivity contribution is 0.0941. The van der Waals surface area contributed by atoms with Gasteiger partial charge in [-0.2, -0.15) is 4.98 Å². The lowest BCUT2D eigenvalue weighted by atomic mass is 9.91. The van der Waals surface area contributed by atoms with Crippen molar-refractivity contribution < 1.29 is 9.53 Å². The summed E-state index contributed by atoms with van der Waals surface area (Å²) in [6.45, 7) is 6.40. The SMILES string of the molecule is CC(C)(C)c1cc(C(=O)NCCOc2cccc3cccnc23)nc(=O)[nH]1. The minimum Gasteiger partial charge on any atom is -0.489 e. The van der Waals surface area contributed by atoms with Gasteiger partial charge in [-0.1, -0.05) is 39.0 Å². The van der Waals surface area contributed by atoms with Crippen molar-refractivity contribution in [1.82, 2.24) is 20.3 Å². The van der Waals surface area contributed by atoms with E-state index in [9.17, 15) is 9.59 Å². The fraction of sp³-hybridized carbons (Fsp3) is 0.300. The summed E-state index contributed by atoms with van der Waals surface area (Å²) < 4.78 is 5.74. The van der Waals surface area contributed by atoms with Gasteiger partial charge in [0.1, 0.15) is 23.6 Å². The molecule has 0 bridgehead atoms. The normalized spacial score (nSPS) is 11.4. The Kier molecular flexibility index (Phi) is 5.21. The van der Waals surface area contributed by atoms with Crippen LogP contribution in [-0.4, -0.2) is 34.0 Å². The Morgan fingerprint density at radius 1 is 1.22 bits per heavy atom. The van der Waals surface area contributed by atoms with E-state index in [1.807, 2.05) is 51.1 Å². The molecule has 0 radical (unpaired) electrons. The molecule has 7 nitrogen and oxygen atoms in total. The number of H-pyrrole nitrogens is 1. The average Bonchev–Trinajstić information content (AvgIpc) is 2.64. The minimum absolute atomic E-state index is 0.0931. The van der Waals surface area contributed by atoms with Crippen LogP contribution in [0.15, 0.2) is 47.4 Å². The summed E-state index contributed by atoms with van der Waals surface area (Å²) in [4.78, 5) is 34.8. The van der Waals surface area contributed by atoms with E-state index < -0.39 is 11.6 Å². The van der Waals surface area contributed by atoms with E-state index in [2.05, 4.69) is 20.3 Å². The molecule has 0 atom stereocenters. The van der Waals surface area contributed by atoms with E-state index in [1.165, 1.54) is 0 Å². The van der Waals surface area contributed by atoms with Crippen molar-refractivity contribution in [3.05, 3.63) is 64.5 Å². The van der Waals surface area contributed by atoms with Crippen molar-refractivity contribution in [3.63, 3.8) is 0 Å². The summed E-state index contributed by atoms with van der Waals surface area (Å²) in [7, 11) is 0. The van der Waals surface area contributed by atoms with Crippen molar-refractivity contribution in [1.29, 1.82) is 0 Å². The quantitative estimate of drug-likeness (QED) is 0.676. The fourth-order valence-corrected chi connectivity index (χ4v) is 2.59. The molecule has 1 aromatic carbocycles. The number of nitrogens with zero attached hydrogens (tertiary/aromatic N) is 2. The number of ether oxygens (including phenoxy) is 1. The first-order valence-corrected chi connectivity index (χ1v) is 8.71. The molecule has 140 valence electrons. The smallest absolute Gasteiger partial charge is 0.345 e. The summed E-state index contributed by atoms with van der Waals surface area (Å²) in [6, 6.07) is 11.1. The number of benzene rings is 1. The van der Waals surface area contributed by atoms with Crippen molar-refractivity contribution in [2.45, 2.75) is 26.2 Å². The first-order chi connectivity index (χ1) is 12.8. The van der Waals surface area contributed by atoms with Crippen LogP contribution in [-0.2, 0) is 5.41 Å². The molecule has 27 heavy (non-hydrogen) atoms. The van der Waals surface area contributed by atoms with Gasteiger partial charge >= 0.3 is 5.69 Å². The third kappa shape index (κ3) is 4.49. The first kappa shape index (κ1) is 18.6. The van der Waals surface area contributed by atoms with Gasteiger partial charge in [0.2, 0.25) is 0 Å². The number of nitrogens with one attached hydrogen (secondary N) is 2. The molecule has 2 N–H and O–H groups in total. The number of para-hydroxylation sites is 1. The standard InChI is InChI=1S/C20H22N4O3/c1-20(2,3)16-12-14(23-19(26)24-16)18(25)22-10-11-27-15-8-4-6-13-7-5-9-21-17(13)15/h4-9,12H,10-11H2,1-3H3,(H,22,25)(H,23,24,26). The number of rotatable bonds is 5. The number of hydrogen-bond acceptors (Lipinski definition) is 5. The van der Waals surface area contributed by atoms with Gasteiger partial charge in [0, 0.05) is 22.7 Å². The second-order valence-corrected chi connectivity index (χ2v) is 7.17. The summed E-state index contributed by atoms with van der Waals surface area (Å²) in [5.74, 6) is 0.248. The topological polar surface area (TPSA) is 97.0 Å². The van der Waals surface area contributed by atoms with Crippen LogP contribution in [0.1, 0.15) is 37.0 Å². The number of fused-ring (bicyclic) bond motifs is 1. The Morgan fingerprint density at radius 2 is 2.00 bits per heavy atom. The molecular formula is C20H22N4O3. The van der Waals surface area contributed by atoms with E-state index in [-0.39, 0.29) is 24.3 Å². The van der Waals surface area contributed by atoms with Gasteiger partial charge in [-0.3, -0.25) is 9.78 Å². The summed E-state index contributed by atoms with van der Waals surface area (Å²) in [6.07, 6.45) is 1.71. The molecule has 0 saturated heterocycles. The maximum atomic E-state index is 12.3. The van der Waals surface area contributed by atoms with E-state index in [0.717, 1.165) is 10.9 Å². The number of amides is 1. The molecule has 3 aromatic rings. The molecule has 7 heteroatoms. The third-order valence-electron chi connectivity index (χ3n) is 4.03. The molecule has 2 aromatic heterocycles. The maximum absolute atomic E-state index is 12.3. The van der Waals surface area contributed by atoms with E-state index in [1.54, 1.807) is 12.3 Å². The zero-order valence-corrected chi connectivity index (χ0v) is 15.6. The van der Waals surface area contributed by atoms with Crippen LogP contribution in [0.2, 0.25) is 0 Å². The average molecular weight is 366 g/mol. The largest absolute Gasteiger partial charge is 0.489 e. The molecule has 0 fully saturated rings. The molecule has 0 saturated carbocycles. The number of aromatic nitrogens is 3. The highest BCUT2D eigenvalue weighted by molar-refractivity contribution is 5.92. The Bertz CT molecular complexity index is 1020. The molecule has 3 rings (SSSR count). The zero-order valence-electron chi connectivity index (χ0n) is 15.6. The number of hydrogen-bond donors (Lipinski definition) is 2. The predicted molar refractivity (Wildman–Crippen MR) is 103 cm³/mol. The summed E-state index contributed by atoms with van der Waals surface area (Å²) in [5, 5.41) is 3.71. The van der Waals surface area contributed by atoms with Crippen molar-refractivity contribution in [3.8, 4) is 5.75 Å². The number of aromatic amines is 1. The van der Waals surface area contributed by atoms with Crippen molar-refractivity contribution in [2.75, 3.05) is 13.2 Å². The molecule has 0 aliphatic carbocycles. The van der Waals surface area contributed by atoms with Gasteiger partial charge in [-0.15, -0.1) is 0 Å². The maximum Gasteiger partial charge on any atom is 0.345 e. The molecular weight excluding hydrogens is 344 g/mol. The lowest BCUT2D eigenvalue weighted by Crippen LogP contribution is -2.32. The molecule has 1 amide bonds. The monoisotopic (exact) mass is 366 g/mol. The Hall–Kier alpha value is -3.22. The minimum atomic E-state index is -0.536. The zero-order chi connectivity index (χ0) is 19.4. The summed E-state index contributed by atoms with van der Waals surface area (Å²) in [5.41, 5.74) is 0.700. The lowest BCUT2D eigenvalue weighted by Gasteiger charge is -2.18. The Morgan fingerprint density at radius 3 is 2.78 bits per heavy atom. The number of carbonyl (C=O) groups excluding carboxylic acids is 1. The van der Waals surface area contributed by atoms with Gasteiger partial charge in [0.15, 0.2) is 0 Å². The summed E-state index contributed by atoms with van der Waals surface area (Å²) >= 11 is 0. The molecule has 0 spiro atoms. The van der Waals surface area contributed by atoms with E-state index in [0.29, 0.717) is 11.4 Å². The van der Waals surface area contributed by atoms with Gasteiger partial charge in [-0.25, -0.2) is 4.79 Å². The van der Waals surface area contributed by atoms with Crippen LogP contribution in [0.5, 0.6) is 5.75 Å². The highest BCUT2D eigenvalue weighted by Crippen LogP contribution is 2.22. The van der Waals surface area contributed by atoms with Crippen LogP contribution in [0.3, 0.4) is 0 Å². The Labute approximate surface area is 156 Å². The first-order valence-electron chi connectivity index (χ1n) is 8.71. The van der Waals surface area contributed by atoms with E-state index >= 15 is 0 Å². The molecule has 2 heterocycles. The molecule has 0 aliphatic heterocycles. The second-order valence-electron chi connectivity index (χ2n) is 7.17. The van der Waals surface area contributed by atoms with Crippen LogP contribution in [0.4, 0.5) is 0 Å². The second kappa shape index (κ2) is 7.57. The highest BCUT2D eigenvalue weighted by atomic mass is 16.5. The van der Waals surface area contributed by atoms with Crippen LogP contribution < -0.4 is 15.7 Å². The Balaban J connectivity index is 1.62. The van der Waals surface area contributed by atoms with Crippen LogP contribution in [0.25, 0.3) is 10.9 Å². The van der Waals surface area contributed by atoms with Crippen LogP contribution >= 0.6 is 0 Å². The van der Waals surface area contributed by atoms with Gasteiger partial charge in [0.05, 0.1) is 6.54 Å². The number of carbonyl (C=O) groups is 1. The molecule has 0 aliphatic rings. The molecule has 0 unspecified atom stereocenters. The highest BCUT2D eigenvalue weighted by Gasteiger charge is 2.18. The van der Waals surface area contributed by atoms with Crippen LogP contribution in [0, 0.1) is 0 Å². The van der Waals surface area contributed by atoms with E-state index in [4.69, 9.17) is 4.74 Å². The van der Waals surface area contributed by atoms with Crippen molar-refractivity contribution in [2.24, 2.45) is 0 Å². The van der Waals surface area contributed by atoms with Gasteiger partial charge in [-0.05, 0) is 18.2 Å². The fourth-order valence-electron chi connectivity index (χ4n) is 2.59.